The molecule has 4 nitrogen and oxygen atoms in total. The third kappa shape index (κ3) is 7.60. The van der Waals surface area contributed by atoms with Crippen LogP contribution in [0, 0.1) is 0 Å². The number of carbonyl (C=O) groups is 2. The van der Waals surface area contributed by atoms with Gasteiger partial charge in [-0.05, 0) is 25.0 Å². The second-order valence-corrected chi connectivity index (χ2v) is 6.19. The van der Waals surface area contributed by atoms with E-state index in [2.05, 4.69) is 5.32 Å². The van der Waals surface area contributed by atoms with E-state index in [4.69, 9.17) is 28.3 Å². The Morgan fingerprint density at radius 3 is 2.43 bits per heavy atom. The van der Waals surface area contributed by atoms with E-state index in [1.807, 2.05) is 0 Å². The van der Waals surface area contributed by atoms with Crippen molar-refractivity contribution >= 4 is 46.8 Å². The number of unbranched alkanes of at least 4 members (excludes halogenated alkanes) is 2. The molecular weight excluding hydrogens is 333 g/mol. The van der Waals surface area contributed by atoms with Gasteiger partial charge in [0.15, 0.2) is 0 Å². The SMILES string of the molecule is O=C(O)CCCCCNC(=O)CSc1c(Cl)cccc1Cl. The molecule has 1 amide bonds. The van der Waals surface area contributed by atoms with Crippen LogP contribution in [0.15, 0.2) is 23.1 Å². The molecule has 0 saturated carbocycles. The Labute approximate surface area is 138 Å². The van der Waals surface area contributed by atoms with E-state index in [-0.39, 0.29) is 18.1 Å². The minimum absolute atomic E-state index is 0.0887. The topological polar surface area (TPSA) is 66.4 Å². The van der Waals surface area contributed by atoms with E-state index in [1.54, 1.807) is 18.2 Å². The molecule has 0 unspecified atom stereocenters. The number of benzene rings is 1. The molecule has 1 rings (SSSR count). The van der Waals surface area contributed by atoms with Gasteiger partial charge in [-0.15, -0.1) is 11.8 Å². The van der Waals surface area contributed by atoms with Gasteiger partial charge in [-0.2, -0.15) is 0 Å². The van der Waals surface area contributed by atoms with Gasteiger partial charge in [-0.1, -0.05) is 35.7 Å². The molecule has 0 heterocycles. The van der Waals surface area contributed by atoms with Gasteiger partial charge in [0.05, 0.1) is 15.8 Å². The van der Waals surface area contributed by atoms with Gasteiger partial charge in [0.25, 0.3) is 0 Å². The van der Waals surface area contributed by atoms with Crippen molar-refractivity contribution in [3.05, 3.63) is 28.2 Å². The molecule has 0 fully saturated rings. The van der Waals surface area contributed by atoms with Crippen LogP contribution in [-0.4, -0.2) is 29.3 Å². The van der Waals surface area contributed by atoms with Gasteiger partial charge in [0, 0.05) is 17.9 Å². The highest BCUT2D eigenvalue weighted by Crippen LogP contribution is 2.33. The summed E-state index contributed by atoms with van der Waals surface area (Å²) in [6, 6.07) is 5.22. The summed E-state index contributed by atoms with van der Waals surface area (Å²) < 4.78 is 0. The van der Waals surface area contributed by atoms with Crippen LogP contribution in [0.5, 0.6) is 0 Å². The molecule has 0 saturated heterocycles. The Morgan fingerprint density at radius 1 is 1.14 bits per heavy atom. The number of amides is 1. The summed E-state index contributed by atoms with van der Waals surface area (Å²) in [6.07, 6.45) is 2.37. The van der Waals surface area contributed by atoms with E-state index in [1.165, 1.54) is 11.8 Å². The number of carboxylic acid groups (broad SMARTS) is 1. The summed E-state index contributed by atoms with van der Waals surface area (Å²) in [6.45, 7) is 0.551. The zero-order valence-corrected chi connectivity index (χ0v) is 13.7. The van der Waals surface area contributed by atoms with Gasteiger partial charge in [0.2, 0.25) is 5.91 Å². The lowest BCUT2D eigenvalue weighted by Crippen LogP contribution is -2.26. The summed E-state index contributed by atoms with van der Waals surface area (Å²) in [5.41, 5.74) is 0. The molecule has 116 valence electrons. The Balaban J connectivity index is 2.18. The quantitative estimate of drug-likeness (QED) is 0.524. The summed E-state index contributed by atoms with van der Waals surface area (Å²) in [5.74, 6) is -0.625. The first-order chi connectivity index (χ1) is 10.0. The smallest absolute Gasteiger partial charge is 0.303 e. The second-order valence-electron chi connectivity index (χ2n) is 4.39. The molecule has 0 aromatic heterocycles. The number of rotatable bonds is 9. The van der Waals surface area contributed by atoms with Crippen molar-refractivity contribution in [1.29, 1.82) is 0 Å². The highest BCUT2D eigenvalue weighted by Gasteiger charge is 2.09. The predicted molar refractivity (Wildman–Crippen MR) is 86.3 cm³/mol. The molecular formula is C14H17Cl2NO3S. The molecule has 0 aliphatic rings. The molecule has 2 N–H and O–H groups in total. The van der Waals surface area contributed by atoms with Gasteiger partial charge < -0.3 is 10.4 Å². The van der Waals surface area contributed by atoms with E-state index in [0.717, 1.165) is 12.8 Å². The molecule has 0 aliphatic heterocycles. The van der Waals surface area contributed by atoms with Crippen LogP contribution in [0.1, 0.15) is 25.7 Å². The Bertz CT molecular complexity index is 477. The maximum absolute atomic E-state index is 11.7. The van der Waals surface area contributed by atoms with Gasteiger partial charge in [-0.25, -0.2) is 0 Å². The third-order valence-corrected chi connectivity index (χ3v) is 4.65. The molecule has 0 atom stereocenters. The molecule has 0 spiro atoms. The summed E-state index contributed by atoms with van der Waals surface area (Å²) >= 11 is 13.3. The fourth-order valence-electron chi connectivity index (χ4n) is 1.61. The molecule has 0 bridgehead atoms. The van der Waals surface area contributed by atoms with E-state index < -0.39 is 5.97 Å². The maximum atomic E-state index is 11.7. The van der Waals surface area contributed by atoms with Gasteiger partial charge in [0.1, 0.15) is 0 Å². The van der Waals surface area contributed by atoms with Crippen LogP contribution in [0.3, 0.4) is 0 Å². The highest BCUT2D eigenvalue weighted by atomic mass is 35.5. The number of carbonyl (C=O) groups excluding carboxylic acids is 1. The molecule has 1 aromatic rings. The van der Waals surface area contributed by atoms with E-state index in [0.29, 0.717) is 27.9 Å². The molecule has 1 aromatic carbocycles. The van der Waals surface area contributed by atoms with Crippen LogP contribution in [0.4, 0.5) is 0 Å². The van der Waals surface area contributed by atoms with Crippen LogP contribution in [0.2, 0.25) is 10.0 Å². The van der Waals surface area contributed by atoms with Crippen molar-refractivity contribution in [2.24, 2.45) is 0 Å². The summed E-state index contributed by atoms with van der Waals surface area (Å²) in [5, 5.41) is 12.3. The Hall–Kier alpha value is -0.910. The molecule has 0 aliphatic carbocycles. The van der Waals surface area contributed by atoms with Crippen molar-refractivity contribution < 1.29 is 14.7 Å². The first-order valence-electron chi connectivity index (χ1n) is 6.56. The summed E-state index contributed by atoms with van der Waals surface area (Å²) in [7, 11) is 0. The van der Waals surface area contributed by atoms with Gasteiger partial charge >= 0.3 is 5.97 Å². The average molecular weight is 350 g/mol. The second kappa shape index (κ2) is 9.92. The molecule has 7 heteroatoms. The minimum atomic E-state index is -0.785. The number of hydrogen-bond acceptors (Lipinski definition) is 3. The standard InChI is InChI=1S/C14H17Cl2NO3S/c15-10-5-4-6-11(16)14(10)21-9-12(18)17-8-3-1-2-7-13(19)20/h4-6H,1-3,7-9H2,(H,17,18)(H,19,20). The monoisotopic (exact) mass is 349 g/mol. The van der Waals surface area contributed by atoms with Crippen molar-refractivity contribution in [2.75, 3.05) is 12.3 Å². The predicted octanol–water partition coefficient (Wildman–Crippen LogP) is 3.85. The lowest BCUT2D eigenvalue weighted by molar-refractivity contribution is -0.137. The average Bonchev–Trinajstić information content (AvgIpc) is 2.41. The van der Waals surface area contributed by atoms with Crippen molar-refractivity contribution in [3.63, 3.8) is 0 Å². The number of hydrogen-bond donors (Lipinski definition) is 2. The van der Waals surface area contributed by atoms with Crippen molar-refractivity contribution in [2.45, 2.75) is 30.6 Å². The van der Waals surface area contributed by atoms with Gasteiger partial charge in [-0.3, -0.25) is 9.59 Å². The number of halogens is 2. The first-order valence-corrected chi connectivity index (χ1v) is 8.30. The fourth-order valence-corrected chi connectivity index (χ4v) is 3.13. The third-order valence-electron chi connectivity index (χ3n) is 2.66. The number of carboxylic acids is 1. The van der Waals surface area contributed by atoms with Crippen molar-refractivity contribution in [1.82, 2.24) is 5.32 Å². The van der Waals surface area contributed by atoms with Crippen molar-refractivity contribution in [3.8, 4) is 0 Å². The molecule has 21 heavy (non-hydrogen) atoms. The Morgan fingerprint density at radius 2 is 1.81 bits per heavy atom. The van der Waals surface area contributed by atoms with Crippen LogP contribution >= 0.6 is 35.0 Å². The number of thioether (sulfide) groups is 1. The minimum Gasteiger partial charge on any atom is -0.481 e. The number of aliphatic carboxylic acids is 1. The van der Waals surface area contributed by atoms with E-state index >= 15 is 0 Å². The van der Waals surface area contributed by atoms with E-state index in [9.17, 15) is 9.59 Å². The zero-order valence-electron chi connectivity index (χ0n) is 11.4. The van der Waals surface area contributed by atoms with Crippen LogP contribution in [-0.2, 0) is 9.59 Å². The maximum Gasteiger partial charge on any atom is 0.303 e. The largest absolute Gasteiger partial charge is 0.481 e. The number of nitrogens with one attached hydrogen (secondary N) is 1. The zero-order chi connectivity index (χ0) is 15.7. The lowest BCUT2D eigenvalue weighted by Gasteiger charge is -2.07. The normalized spacial score (nSPS) is 10.4. The Kier molecular flexibility index (Phi) is 8.57. The first kappa shape index (κ1) is 18.1. The molecule has 0 radical (unpaired) electrons. The lowest BCUT2D eigenvalue weighted by atomic mass is 10.2. The fraction of sp³-hybridized carbons (Fsp3) is 0.429. The van der Waals surface area contributed by atoms with Crippen LogP contribution in [0.25, 0.3) is 0 Å². The summed E-state index contributed by atoms with van der Waals surface area (Å²) in [4.78, 5) is 22.7. The van der Waals surface area contributed by atoms with Crippen LogP contribution < -0.4 is 5.32 Å². The highest BCUT2D eigenvalue weighted by molar-refractivity contribution is 8.00.